The van der Waals surface area contributed by atoms with E-state index in [0.29, 0.717) is 19.3 Å². The van der Waals surface area contributed by atoms with Crippen LogP contribution in [0.3, 0.4) is 0 Å². The van der Waals surface area contributed by atoms with Crippen LogP contribution in [0.25, 0.3) is 0 Å². The number of aliphatic carboxylic acids is 2. The van der Waals surface area contributed by atoms with Crippen LogP contribution in [0.5, 0.6) is 0 Å². The number of aliphatic hydroxyl groups is 3. The zero-order chi connectivity index (χ0) is 29.6. The zero-order valence-electron chi connectivity index (χ0n) is 24.3. The molecule has 6 N–H and O–H groups in total. The van der Waals surface area contributed by atoms with Crippen LogP contribution in [-0.2, 0) is 14.4 Å². The SMILES string of the molecule is CCCCCCCC/C=C\CCCCCCCCCCCC(=O)O.O=C1CC[C@@H](C(=O)O)N1.OCC(O)CO. The number of amides is 1. The number of hydrogen-bond acceptors (Lipinski definition) is 6. The third kappa shape index (κ3) is 32.1. The largest absolute Gasteiger partial charge is 0.481 e. The van der Waals surface area contributed by atoms with E-state index in [9.17, 15) is 14.4 Å². The molecule has 0 unspecified atom stereocenters. The topological polar surface area (TPSA) is 164 Å². The van der Waals surface area contributed by atoms with Crippen LogP contribution >= 0.6 is 0 Å². The Kier molecular flexibility index (Phi) is 30.7. The molecule has 0 aromatic heterocycles. The predicted octanol–water partition coefficient (Wildman–Crippen LogP) is 5.35. The lowest BCUT2D eigenvalue weighted by atomic mass is 10.1. The first-order valence-corrected chi connectivity index (χ1v) is 15.1. The first-order valence-electron chi connectivity index (χ1n) is 15.1. The van der Waals surface area contributed by atoms with Crippen molar-refractivity contribution in [1.82, 2.24) is 5.32 Å². The van der Waals surface area contributed by atoms with Gasteiger partial charge in [-0.25, -0.2) is 4.79 Å². The van der Waals surface area contributed by atoms with E-state index in [-0.39, 0.29) is 19.1 Å². The minimum atomic E-state index is -0.954. The molecule has 1 amide bonds. The number of hydrogen-bond donors (Lipinski definition) is 6. The Morgan fingerprint density at radius 1 is 0.795 bits per heavy atom. The molecule has 0 aliphatic carbocycles. The molecule has 1 aliphatic heterocycles. The summed E-state index contributed by atoms with van der Waals surface area (Å²) in [4.78, 5) is 30.9. The highest BCUT2D eigenvalue weighted by molar-refractivity contribution is 5.87. The number of nitrogens with one attached hydrogen (secondary N) is 1. The summed E-state index contributed by atoms with van der Waals surface area (Å²) in [5.41, 5.74) is 0. The van der Waals surface area contributed by atoms with Crippen molar-refractivity contribution in [2.45, 2.75) is 147 Å². The summed E-state index contributed by atoms with van der Waals surface area (Å²) in [5.74, 6) is -1.76. The summed E-state index contributed by atoms with van der Waals surface area (Å²) >= 11 is 0. The fourth-order valence-corrected chi connectivity index (χ4v) is 3.91. The van der Waals surface area contributed by atoms with Crippen molar-refractivity contribution in [3.63, 3.8) is 0 Å². The molecule has 0 bridgehead atoms. The van der Waals surface area contributed by atoms with E-state index in [2.05, 4.69) is 24.4 Å². The van der Waals surface area contributed by atoms with Gasteiger partial charge in [0.2, 0.25) is 5.91 Å². The van der Waals surface area contributed by atoms with Crippen molar-refractivity contribution >= 4 is 17.8 Å². The van der Waals surface area contributed by atoms with Gasteiger partial charge in [0.1, 0.15) is 12.1 Å². The monoisotopic (exact) mass is 559 g/mol. The first kappa shape index (κ1) is 39.2. The number of allylic oxidation sites excluding steroid dienone is 2. The second-order valence-electron chi connectivity index (χ2n) is 10.2. The average molecular weight is 560 g/mol. The van der Waals surface area contributed by atoms with Crippen molar-refractivity contribution in [2.24, 2.45) is 0 Å². The molecule has 39 heavy (non-hydrogen) atoms. The van der Waals surface area contributed by atoms with E-state index in [4.69, 9.17) is 25.5 Å². The van der Waals surface area contributed by atoms with Crippen LogP contribution in [0.1, 0.15) is 135 Å². The summed E-state index contributed by atoms with van der Waals surface area (Å²) in [5, 5.41) is 43.2. The minimum absolute atomic E-state index is 0.164. The predicted molar refractivity (Wildman–Crippen MR) is 155 cm³/mol. The van der Waals surface area contributed by atoms with Gasteiger partial charge in [0.15, 0.2) is 0 Å². The molecule has 0 aromatic rings. The van der Waals surface area contributed by atoms with E-state index in [1.165, 1.54) is 96.3 Å². The smallest absolute Gasteiger partial charge is 0.326 e. The molecule has 9 heteroatoms. The molecular formula is C30H57NO8. The van der Waals surface area contributed by atoms with E-state index in [1.54, 1.807) is 0 Å². The molecular weight excluding hydrogens is 502 g/mol. The molecule has 1 atom stereocenters. The molecule has 9 nitrogen and oxygen atoms in total. The molecule has 0 radical (unpaired) electrons. The van der Waals surface area contributed by atoms with Crippen molar-refractivity contribution in [2.75, 3.05) is 13.2 Å². The fourth-order valence-electron chi connectivity index (χ4n) is 3.91. The van der Waals surface area contributed by atoms with Gasteiger partial charge in [-0.05, 0) is 38.5 Å². The average Bonchev–Trinajstić information content (AvgIpc) is 3.36. The molecule has 1 aliphatic rings. The molecule has 230 valence electrons. The third-order valence-corrected chi connectivity index (χ3v) is 6.37. The standard InChI is InChI=1S/C22H42O2.C5H7NO3.C3H8O3/c1-2-3-4-5-6-7-8-9-10-11-12-13-14-15-16-17-18-19-20-21-22(23)24;7-4-2-1-3(6-4)5(8)9;4-1-3(6)2-5/h9-10H,2-8,11-21H2,1H3,(H,23,24);3H,1-2H2,(H,6,7)(H,8,9);3-6H,1-2H2/b10-9-;;/t;3-;/m.0./s1. The van der Waals surface area contributed by atoms with Gasteiger partial charge in [-0.1, -0.05) is 96.1 Å². The quantitative estimate of drug-likeness (QED) is 0.0763. The highest BCUT2D eigenvalue weighted by atomic mass is 16.4. The van der Waals surface area contributed by atoms with Crippen LogP contribution in [-0.4, -0.2) is 68.7 Å². The van der Waals surface area contributed by atoms with Gasteiger partial charge in [-0.2, -0.15) is 0 Å². The molecule has 1 fully saturated rings. The highest BCUT2D eigenvalue weighted by Gasteiger charge is 2.26. The van der Waals surface area contributed by atoms with Gasteiger partial charge in [0.25, 0.3) is 0 Å². The van der Waals surface area contributed by atoms with Gasteiger partial charge < -0.3 is 30.8 Å². The van der Waals surface area contributed by atoms with Gasteiger partial charge in [-0.15, -0.1) is 0 Å². The maximum Gasteiger partial charge on any atom is 0.326 e. The van der Waals surface area contributed by atoms with Crippen molar-refractivity contribution in [3.05, 3.63) is 12.2 Å². The van der Waals surface area contributed by atoms with E-state index in [0.717, 1.165) is 12.8 Å². The van der Waals surface area contributed by atoms with Crippen molar-refractivity contribution in [3.8, 4) is 0 Å². The van der Waals surface area contributed by atoms with Gasteiger partial charge in [0, 0.05) is 12.8 Å². The lowest BCUT2D eigenvalue weighted by molar-refractivity contribution is -0.140. The van der Waals surface area contributed by atoms with E-state index in [1.807, 2.05) is 0 Å². The Bertz CT molecular complexity index is 608. The lowest BCUT2D eigenvalue weighted by Crippen LogP contribution is -2.32. The highest BCUT2D eigenvalue weighted by Crippen LogP contribution is 2.12. The number of carboxylic acids is 2. The Hall–Kier alpha value is -1.97. The molecule has 0 aromatic carbocycles. The maximum absolute atomic E-state index is 10.4. The fraction of sp³-hybridized carbons (Fsp3) is 0.833. The number of carbonyl (C=O) groups is 3. The molecule has 1 rings (SSSR count). The number of carboxylic acid groups (broad SMARTS) is 2. The van der Waals surface area contributed by atoms with Crippen LogP contribution in [0.2, 0.25) is 0 Å². The maximum atomic E-state index is 10.4. The summed E-state index contributed by atoms with van der Waals surface area (Å²) in [6.07, 6.45) is 26.9. The molecule has 1 heterocycles. The van der Waals surface area contributed by atoms with Crippen LogP contribution < -0.4 is 5.32 Å². The summed E-state index contributed by atoms with van der Waals surface area (Å²) in [6.45, 7) is 1.54. The lowest BCUT2D eigenvalue weighted by Gasteiger charge is -2.01. The molecule has 0 saturated carbocycles. The summed E-state index contributed by atoms with van der Waals surface area (Å²) in [7, 11) is 0. The second-order valence-corrected chi connectivity index (χ2v) is 10.2. The zero-order valence-corrected chi connectivity index (χ0v) is 24.3. The second kappa shape index (κ2) is 30.6. The number of unbranched alkanes of at least 4 members (excludes halogenated alkanes) is 15. The van der Waals surface area contributed by atoms with E-state index < -0.39 is 24.1 Å². The van der Waals surface area contributed by atoms with Crippen LogP contribution in [0.15, 0.2) is 12.2 Å². The normalized spacial score (nSPS) is 14.5. The Morgan fingerprint density at radius 3 is 1.54 bits per heavy atom. The first-order chi connectivity index (χ1) is 18.8. The number of carbonyl (C=O) groups excluding carboxylic acids is 1. The Balaban J connectivity index is 0. The van der Waals surface area contributed by atoms with Gasteiger partial charge in [0.05, 0.1) is 13.2 Å². The van der Waals surface area contributed by atoms with Crippen LogP contribution in [0, 0.1) is 0 Å². The van der Waals surface area contributed by atoms with Crippen molar-refractivity contribution < 1.29 is 39.9 Å². The summed E-state index contributed by atoms with van der Waals surface area (Å²) in [6, 6.07) is -0.641. The number of aliphatic hydroxyl groups excluding tert-OH is 3. The Morgan fingerprint density at radius 2 is 1.23 bits per heavy atom. The number of rotatable bonds is 22. The molecule has 1 saturated heterocycles. The molecule has 0 spiro atoms. The van der Waals surface area contributed by atoms with Gasteiger partial charge in [-0.3, -0.25) is 9.59 Å². The van der Waals surface area contributed by atoms with E-state index >= 15 is 0 Å². The van der Waals surface area contributed by atoms with Gasteiger partial charge >= 0.3 is 11.9 Å². The Labute approximate surface area is 236 Å². The minimum Gasteiger partial charge on any atom is -0.481 e. The van der Waals surface area contributed by atoms with Crippen LogP contribution in [0.4, 0.5) is 0 Å². The third-order valence-electron chi connectivity index (χ3n) is 6.37. The van der Waals surface area contributed by atoms with Crippen molar-refractivity contribution in [1.29, 1.82) is 0 Å². The summed E-state index contributed by atoms with van der Waals surface area (Å²) < 4.78 is 0.